The average Bonchev–Trinajstić information content (AvgIpc) is 3.05. The van der Waals surface area contributed by atoms with Crippen molar-refractivity contribution in [1.29, 1.82) is 0 Å². The number of methoxy groups -OCH3 is 2. The van der Waals surface area contributed by atoms with E-state index in [4.69, 9.17) is 32.7 Å². The lowest BCUT2D eigenvalue weighted by Crippen LogP contribution is -2.34. The molecule has 0 amide bonds. The Morgan fingerprint density at radius 1 is 0.923 bits per heavy atom. The third-order valence-corrected chi connectivity index (χ3v) is 7.03. The number of esters is 2. The van der Waals surface area contributed by atoms with Crippen LogP contribution in [0.1, 0.15) is 34.1 Å². The molecule has 132 valence electrons. The highest BCUT2D eigenvalue weighted by Gasteiger charge is 2.95. The molecule has 2 aromatic rings. The summed E-state index contributed by atoms with van der Waals surface area (Å²) < 4.78 is 10.4. The second-order valence-corrected chi connectivity index (χ2v) is 7.79. The summed E-state index contributed by atoms with van der Waals surface area (Å²) in [6, 6.07) is 11.0. The zero-order valence-corrected chi connectivity index (χ0v) is 15.5. The van der Waals surface area contributed by atoms with Crippen LogP contribution in [0.2, 0.25) is 10.0 Å². The Labute approximate surface area is 160 Å². The van der Waals surface area contributed by atoms with Gasteiger partial charge in [-0.25, -0.2) is 0 Å². The molecule has 0 unspecified atom stereocenters. The van der Waals surface area contributed by atoms with E-state index in [9.17, 15) is 9.59 Å². The molecule has 0 N–H and O–H groups in total. The van der Waals surface area contributed by atoms with Crippen molar-refractivity contribution in [1.82, 2.24) is 0 Å². The molecule has 0 aromatic heterocycles. The van der Waals surface area contributed by atoms with E-state index in [1.165, 1.54) is 14.2 Å². The van der Waals surface area contributed by atoms with E-state index in [1.807, 2.05) is 24.3 Å². The minimum atomic E-state index is -1.16. The highest BCUT2D eigenvalue weighted by Crippen LogP contribution is 2.90. The second-order valence-electron chi connectivity index (χ2n) is 6.97. The minimum Gasteiger partial charge on any atom is -0.469 e. The van der Waals surface area contributed by atoms with Gasteiger partial charge in [-0.15, -0.1) is 0 Å². The summed E-state index contributed by atoms with van der Waals surface area (Å²) in [4.78, 5) is 26.2. The highest BCUT2D eigenvalue weighted by molar-refractivity contribution is 6.33. The van der Waals surface area contributed by atoms with Crippen LogP contribution < -0.4 is 0 Å². The van der Waals surface area contributed by atoms with Crippen molar-refractivity contribution in [3.8, 4) is 0 Å². The van der Waals surface area contributed by atoms with E-state index < -0.39 is 22.8 Å². The monoisotopic (exact) mass is 388 g/mol. The normalized spacial score (nSPS) is 31.7. The quantitative estimate of drug-likeness (QED) is 0.733. The number of carbonyl (C=O) groups is 2. The summed E-state index contributed by atoms with van der Waals surface area (Å²) in [5.41, 5.74) is 1.04. The second kappa shape index (κ2) is 4.81. The summed E-state index contributed by atoms with van der Waals surface area (Å²) in [6.07, 6.45) is 0. The van der Waals surface area contributed by atoms with Crippen LogP contribution in [0.5, 0.6) is 0 Å². The summed E-state index contributed by atoms with van der Waals surface area (Å²) in [7, 11) is 2.67. The van der Waals surface area contributed by atoms with Gasteiger partial charge < -0.3 is 9.47 Å². The third kappa shape index (κ3) is 1.34. The van der Waals surface area contributed by atoms with Gasteiger partial charge in [0.1, 0.15) is 10.8 Å². The molecule has 3 aliphatic carbocycles. The Morgan fingerprint density at radius 2 is 1.54 bits per heavy atom. The molecule has 0 aliphatic heterocycles. The van der Waals surface area contributed by atoms with Crippen LogP contribution in [0.4, 0.5) is 0 Å². The van der Waals surface area contributed by atoms with Crippen molar-refractivity contribution >= 4 is 35.1 Å². The lowest BCUT2D eigenvalue weighted by atomic mass is 9.82. The number of hydrogen-bond donors (Lipinski definition) is 0. The molecule has 0 radical (unpaired) electrons. The zero-order chi connectivity index (χ0) is 18.4. The molecule has 4 atom stereocenters. The maximum absolute atomic E-state index is 13.1. The summed E-state index contributed by atoms with van der Waals surface area (Å²) in [5.74, 6) is -1.66. The summed E-state index contributed by atoms with van der Waals surface area (Å²) >= 11 is 13.1. The Kier molecular flexibility index (Phi) is 2.99. The lowest BCUT2D eigenvalue weighted by molar-refractivity contribution is -0.154. The first-order valence-electron chi connectivity index (χ1n) is 8.23. The largest absolute Gasteiger partial charge is 0.469 e. The molecular weight excluding hydrogens is 375 g/mol. The molecule has 1 fully saturated rings. The third-order valence-electron chi connectivity index (χ3n) is 6.38. The van der Waals surface area contributed by atoms with Crippen molar-refractivity contribution in [3.63, 3.8) is 0 Å². The molecule has 1 saturated carbocycles. The van der Waals surface area contributed by atoms with Gasteiger partial charge in [0.05, 0.1) is 14.2 Å². The molecule has 26 heavy (non-hydrogen) atoms. The number of benzene rings is 2. The number of halogens is 2. The van der Waals surface area contributed by atoms with Crippen molar-refractivity contribution in [2.45, 2.75) is 17.3 Å². The first-order chi connectivity index (χ1) is 12.5. The molecule has 0 heterocycles. The van der Waals surface area contributed by atoms with Gasteiger partial charge in [0, 0.05) is 21.9 Å². The van der Waals surface area contributed by atoms with Crippen LogP contribution in [0.3, 0.4) is 0 Å². The minimum absolute atomic E-state index is 0.378. The standard InChI is InChI=1S/C20H14Cl2O4/c1-25-17(23)19-14-10(6-4-8-12(14)22)15-13-9(5-3-7-11(13)21)16(19)20(15,19)18(24)26-2/h3-8,15-16H,1-2H3/t15-,16-,19+,20-/m1/s1. The van der Waals surface area contributed by atoms with Gasteiger partial charge >= 0.3 is 11.9 Å². The molecule has 4 nitrogen and oxygen atoms in total. The van der Waals surface area contributed by atoms with Gasteiger partial charge in [-0.05, 0) is 34.4 Å². The topological polar surface area (TPSA) is 52.6 Å². The number of hydrogen-bond acceptors (Lipinski definition) is 4. The van der Waals surface area contributed by atoms with E-state index in [-0.39, 0.29) is 11.8 Å². The van der Waals surface area contributed by atoms with E-state index in [1.54, 1.807) is 12.1 Å². The smallest absolute Gasteiger partial charge is 0.318 e. The fraction of sp³-hybridized carbons (Fsp3) is 0.300. The van der Waals surface area contributed by atoms with Gasteiger partial charge in [0.15, 0.2) is 0 Å². The maximum Gasteiger partial charge on any atom is 0.318 e. The van der Waals surface area contributed by atoms with Crippen LogP contribution in [-0.2, 0) is 24.5 Å². The van der Waals surface area contributed by atoms with Crippen LogP contribution in [0.25, 0.3) is 0 Å². The molecule has 3 aliphatic rings. The lowest BCUT2D eigenvalue weighted by Gasteiger charge is -2.22. The van der Waals surface area contributed by atoms with Gasteiger partial charge in [0.25, 0.3) is 0 Å². The number of ether oxygens (including phenoxy) is 2. The van der Waals surface area contributed by atoms with Crippen molar-refractivity contribution in [3.05, 3.63) is 68.7 Å². The Morgan fingerprint density at radius 3 is 2.19 bits per heavy atom. The Hall–Kier alpha value is -2.04. The van der Waals surface area contributed by atoms with Crippen LogP contribution >= 0.6 is 23.2 Å². The van der Waals surface area contributed by atoms with E-state index in [2.05, 4.69) is 0 Å². The molecule has 0 spiro atoms. The fourth-order valence-corrected chi connectivity index (χ4v) is 6.39. The molecule has 6 heteroatoms. The van der Waals surface area contributed by atoms with Crippen molar-refractivity contribution in [2.75, 3.05) is 14.2 Å². The zero-order valence-electron chi connectivity index (χ0n) is 14.0. The van der Waals surface area contributed by atoms with Gasteiger partial charge in [0.2, 0.25) is 0 Å². The van der Waals surface area contributed by atoms with Crippen LogP contribution in [0, 0.1) is 5.41 Å². The van der Waals surface area contributed by atoms with Crippen LogP contribution in [-0.4, -0.2) is 26.2 Å². The first-order valence-corrected chi connectivity index (χ1v) is 8.99. The molecular formula is C20H14Cl2O4. The van der Waals surface area contributed by atoms with E-state index in [0.717, 1.165) is 16.7 Å². The first kappa shape index (κ1) is 16.2. The Balaban J connectivity index is 1.95. The number of carbonyl (C=O) groups excluding carboxylic acids is 2. The van der Waals surface area contributed by atoms with Gasteiger partial charge in [-0.2, -0.15) is 0 Å². The SMILES string of the molecule is COC(=O)[C@]12[C@@H]3c4cccc(Cl)c4[C@@]1(C(=O)OC)[C@H]2c1cccc(Cl)c13. The molecule has 0 bridgehead atoms. The summed E-state index contributed by atoms with van der Waals surface area (Å²) in [5, 5.41) is 1.03. The van der Waals surface area contributed by atoms with Crippen molar-refractivity contribution < 1.29 is 19.1 Å². The predicted octanol–water partition coefficient (Wildman–Crippen LogP) is 3.82. The maximum atomic E-state index is 13.1. The fourth-order valence-electron chi connectivity index (χ4n) is 5.77. The summed E-state index contributed by atoms with van der Waals surface area (Å²) in [6.45, 7) is 0. The number of rotatable bonds is 2. The van der Waals surface area contributed by atoms with E-state index in [0.29, 0.717) is 15.6 Å². The molecule has 2 aromatic carbocycles. The Bertz CT molecular complexity index is 1020. The number of fused-ring (bicyclic) bond motifs is 7. The molecule has 0 saturated heterocycles. The average molecular weight is 389 g/mol. The van der Waals surface area contributed by atoms with E-state index >= 15 is 0 Å². The molecule has 5 rings (SSSR count). The van der Waals surface area contributed by atoms with Gasteiger partial charge in [-0.3, -0.25) is 9.59 Å². The predicted molar refractivity (Wildman–Crippen MR) is 95.6 cm³/mol. The van der Waals surface area contributed by atoms with Crippen LogP contribution in [0.15, 0.2) is 36.4 Å². The van der Waals surface area contributed by atoms with Gasteiger partial charge in [-0.1, -0.05) is 47.5 Å². The van der Waals surface area contributed by atoms with Crippen molar-refractivity contribution in [2.24, 2.45) is 5.41 Å². The highest BCUT2D eigenvalue weighted by atomic mass is 35.5.